The van der Waals surface area contributed by atoms with E-state index in [4.69, 9.17) is 5.73 Å². The molecular formula is C20H20N6O. The van der Waals surface area contributed by atoms with Crippen molar-refractivity contribution < 1.29 is 5.11 Å². The Labute approximate surface area is 157 Å². The average Bonchev–Trinajstić information content (AvgIpc) is 3.21. The van der Waals surface area contributed by atoms with E-state index in [9.17, 15) is 5.11 Å². The van der Waals surface area contributed by atoms with Crippen LogP contribution >= 0.6 is 0 Å². The summed E-state index contributed by atoms with van der Waals surface area (Å²) in [4.78, 5) is 8.42. The number of hydrogen-bond donors (Lipinski definition) is 2. The number of rotatable bonds is 3. The summed E-state index contributed by atoms with van der Waals surface area (Å²) < 4.78 is 1.87. The standard InChI is InChI=1S/C18H14N6O.C2H6/c19-18-14(9-15(22-23-18)13-3-1-2-4-17(13)25)16-10-24(11-21-16)12-5-7-20-8-6-12;1-2/h1-11,25H,(H2,19,23);1-2H3. The van der Waals surface area contributed by atoms with E-state index < -0.39 is 0 Å². The van der Waals surface area contributed by atoms with Gasteiger partial charge in [0.25, 0.3) is 0 Å². The summed E-state index contributed by atoms with van der Waals surface area (Å²) >= 11 is 0. The average molecular weight is 360 g/mol. The van der Waals surface area contributed by atoms with Gasteiger partial charge in [0.1, 0.15) is 5.75 Å². The number of benzene rings is 1. The van der Waals surface area contributed by atoms with Crippen LogP contribution in [0.25, 0.3) is 28.2 Å². The maximum Gasteiger partial charge on any atom is 0.155 e. The monoisotopic (exact) mass is 360 g/mol. The molecule has 7 nitrogen and oxygen atoms in total. The fourth-order valence-corrected chi connectivity index (χ4v) is 2.55. The number of pyridine rings is 1. The van der Waals surface area contributed by atoms with Crippen LogP contribution < -0.4 is 5.73 Å². The van der Waals surface area contributed by atoms with E-state index in [0.717, 1.165) is 5.69 Å². The lowest BCUT2D eigenvalue weighted by molar-refractivity contribution is 0.477. The lowest BCUT2D eigenvalue weighted by Gasteiger charge is -2.06. The van der Waals surface area contributed by atoms with E-state index >= 15 is 0 Å². The molecule has 3 N–H and O–H groups in total. The Bertz CT molecular complexity index is 1030. The number of phenolic OH excluding ortho intramolecular Hbond substituents is 1. The first-order valence-corrected chi connectivity index (χ1v) is 8.59. The molecule has 7 heteroatoms. The molecule has 4 rings (SSSR count). The molecular weight excluding hydrogens is 340 g/mol. The normalized spacial score (nSPS) is 10.1. The van der Waals surface area contributed by atoms with Crippen molar-refractivity contribution in [3.8, 4) is 34.0 Å². The number of anilines is 1. The van der Waals surface area contributed by atoms with Crippen molar-refractivity contribution >= 4 is 5.82 Å². The minimum atomic E-state index is 0.134. The highest BCUT2D eigenvalue weighted by molar-refractivity contribution is 5.77. The highest BCUT2D eigenvalue weighted by Gasteiger charge is 2.13. The van der Waals surface area contributed by atoms with Crippen LogP contribution in [0, 0.1) is 0 Å². The Balaban J connectivity index is 0.00000102. The molecule has 0 bridgehead atoms. The Hall–Kier alpha value is -3.74. The van der Waals surface area contributed by atoms with Crippen molar-refractivity contribution in [3.63, 3.8) is 0 Å². The summed E-state index contributed by atoms with van der Waals surface area (Å²) in [7, 11) is 0. The molecule has 0 saturated heterocycles. The van der Waals surface area contributed by atoms with Gasteiger partial charge < -0.3 is 15.4 Å². The van der Waals surface area contributed by atoms with Crippen molar-refractivity contribution in [1.82, 2.24) is 24.7 Å². The lowest BCUT2D eigenvalue weighted by atomic mass is 10.1. The molecule has 0 amide bonds. The van der Waals surface area contributed by atoms with Crippen molar-refractivity contribution in [1.29, 1.82) is 0 Å². The van der Waals surface area contributed by atoms with Gasteiger partial charge in [-0.3, -0.25) is 4.98 Å². The Morgan fingerprint density at radius 2 is 1.67 bits per heavy atom. The van der Waals surface area contributed by atoms with Gasteiger partial charge in [0.05, 0.1) is 17.7 Å². The second-order valence-corrected chi connectivity index (χ2v) is 5.42. The van der Waals surface area contributed by atoms with Crippen molar-refractivity contribution in [2.45, 2.75) is 13.8 Å². The number of nitrogens with two attached hydrogens (primary N) is 1. The Morgan fingerprint density at radius 3 is 2.41 bits per heavy atom. The number of nitrogens with zero attached hydrogens (tertiary/aromatic N) is 5. The van der Waals surface area contributed by atoms with Crippen LogP contribution in [0.2, 0.25) is 0 Å². The highest BCUT2D eigenvalue weighted by atomic mass is 16.3. The van der Waals surface area contributed by atoms with Gasteiger partial charge in [-0.1, -0.05) is 26.0 Å². The first-order valence-electron chi connectivity index (χ1n) is 8.59. The maximum absolute atomic E-state index is 10.0. The number of para-hydroxylation sites is 1. The van der Waals surface area contributed by atoms with E-state index in [1.54, 1.807) is 43.0 Å². The molecule has 0 aliphatic rings. The molecule has 0 unspecified atom stereocenters. The fraction of sp³-hybridized carbons (Fsp3) is 0.100. The van der Waals surface area contributed by atoms with Crippen molar-refractivity contribution in [2.75, 3.05) is 5.73 Å². The van der Waals surface area contributed by atoms with Crippen molar-refractivity contribution in [2.24, 2.45) is 0 Å². The van der Waals surface area contributed by atoms with Gasteiger partial charge in [-0.05, 0) is 30.3 Å². The van der Waals surface area contributed by atoms with Crippen LogP contribution in [0.1, 0.15) is 13.8 Å². The number of nitrogen functional groups attached to an aromatic ring is 1. The van der Waals surface area contributed by atoms with Crippen LogP contribution in [-0.2, 0) is 0 Å². The maximum atomic E-state index is 10.0. The third kappa shape index (κ3) is 3.77. The van der Waals surface area contributed by atoms with Gasteiger partial charge >= 0.3 is 0 Å². The molecule has 0 radical (unpaired) electrons. The van der Waals surface area contributed by atoms with Gasteiger partial charge in [-0.25, -0.2) is 4.98 Å². The third-order valence-electron chi connectivity index (χ3n) is 3.82. The van der Waals surface area contributed by atoms with Crippen LogP contribution in [0.4, 0.5) is 5.82 Å². The number of imidazole rings is 1. The van der Waals surface area contributed by atoms with Gasteiger partial charge in [-0.15, -0.1) is 10.2 Å². The van der Waals surface area contributed by atoms with Gasteiger partial charge in [0.2, 0.25) is 0 Å². The highest BCUT2D eigenvalue weighted by Crippen LogP contribution is 2.31. The smallest absolute Gasteiger partial charge is 0.155 e. The molecule has 0 saturated carbocycles. The number of aromatic nitrogens is 5. The predicted octanol–water partition coefficient (Wildman–Crippen LogP) is 3.71. The van der Waals surface area contributed by atoms with Crippen molar-refractivity contribution in [3.05, 3.63) is 67.4 Å². The van der Waals surface area contributed by atoms with Gasteiger partial charge in [0, 0.05) is 35.4 Å². The second kappa shape index (κ2) is 8.09. The number of aromatic hydroxyl groups is 1. The third-order valence-corrected chi connectivity index (χ3v) is 3.82. The quantitative estimate of drug-likeness (QED) is 0.577. The first-order chi connectivity index (χ1) is 13.2. The van der Waals surface area contributed by atoms with E-state index in [0.29, 0.717) is 22.5 Å². The molecule has 0 fully saturated rings. The summed E-state index contributed by atoms with van der Waals surface area (Å²) in [6.45, 7) is 4.00. The van der Waals surface area contributed by atoms with Crippen LogP contribution in [0.5, 0.6) is 5.75 Å². The Kier molecular flexibility index (Phi) is 5.41. The zero-order valence-electron chi connectivity index (χ0n) is 15.1. The summed E-state index contributed by atoms with van der Waals surface area (Å²) in [5.74, 6) is 0.411. The molecule has 0 atom stereocenters. The molecule has 136 valence electrons. The topological polar surface area (TPSA) is 103 Å². The first kappa shape index (κ1) is 18.1. The van der Waals surface area contributed by atoms with Crippen LogP contribution in [0.3, 0.4) is 0 Å². The molecule has 4 aromatic rings. The molecule has 3 aromatic heterocycles. The summed E-state index contributed by atoms with van der Waals surface area (Å²) in [5.41, 5.74) is 9.37. The summed E-state index contributed by atoms with van der Waals surface area (Å²) in [6, 6.07) is 12.5. The second-order valence-electron chi connectivity index (χ2n) is 5.42. The number of phenols is 1. The molecule has 0 aliphatic heterocycles. The van der Waals surface area contributed by atoms with E-state index in [-0.39, 0.29) is 11.6 Å². The van der Waals surface area contributed by atoms with Crippen LogP contribution in [0.15, 0.2) is 67.4 Å². The van der Waals surface area contributed by atoms with Gasteiger partial charge in [0.15, 0.2) is 5.82 Å². The molecule has 0 spiro atoms. The van der Waals surface area contributed by atoms with E-state index in [2.05, 4.69) is 20.2 Å². The zero-order valence-corrected chi connectivity index (χ0v) is 15.1. The number of hydrogen-bond acceptors (Lipinski definition) is 6. The minimum absolute atomic E-state index is 0.134. The molecule has 3 heterocycles. The van der Waals surface area contributed by atoms with E-state index in [1.165, 1.54) is 0 Å². The predicted molar refractivity (Wildman–Crippen MR) is 105 cm³/mol. The Morgan fingerprint density at radius 1 is 0.926 bits per heavy atom. The molecule has 0 aliphatic carbocycles. The molecule has 1 aromatic carbocycles. The largest absolute Gasteiger partial charge is 0.507 e. The summed E-state index contributed by atoms with van der Waals surface area (Å²) in [6.07, 6.45) is 6.99. The van der Waals surface area contributed by atoms with E-state index in [1.807, 2.05) is 42.8 Å². The SMILES string of the molecule is CC.Nc1nnc(-c2ccccc2O)cc1-c1cn(-c2ccncc2)cn1. The zero-order chi connectivity index (χ0) is 19.2. The summed E-state index contributed by atoms with van der Waals surface area (Å²) in [5, 5.41) is 18.1. The fourth-order valence-electron chi connectivity index (χ4n) is 2.55. The molecule has 27 heavy (non-hydrogen) atoms. The van der Waals surface area contributed by atoms with Crippen LogP contribution in [-0.4, -0.2) is 29.8 Å². The van der Waals surface area contributed by atoms with Gasteiger partial charge in [-0.2, -0.15) is 0 Å². The lowest BCUT2D eigenvalue weighted by Crippen LogP contribution is -1.99. The minimum Gasteiger partial charge on any atom is -0.507 e.